The van der Waals surface area contributed by atoms with Crippen molar-refractivity contribution >= 4 is 17.5 Å². The van der Waals surface area contributed by atoms with Crippen molar-refractivity contribution in [3.05, 3.63) is 34.6 Å². The van der Waals surface area contributed by atoms with Crippen LogP contribution in [0.3, 0.4) is 0 Å². The number of benzene rings is 1. The summed E-state index contributed by atoms with van der Waals surface area (Å²) in [4.78, 5) is 13.5. The zero-order valence-corrected chi connectivity index (χ0v) is 10.9. The van der Waals surface area contributed by atoms with Gasteiger partial charge in [-0.3, -0.25) is 4.79 Å². The van der Waals surface area contributed by atoms with Gasteiger partial charge in [-0.15, -0.1) is 0 Å². The molecule has 2 rings (SSSR count). The highest BCUT2D eigenvalue weighted by Gasteiger charge is 2.42. The summed E-state index contributed by atoms with van der Waals surface area (Å²) in [6, 6.07) is 3.98. The average Bonchev–Trinajstić information content (AvgIpc) is 2.29. The maximum atomic E-state index is 13.2. The van der Waals surface area contributed by atoms with Crippen LogP contribution >= 0.6 is 11.6 Å². The molecule has 1 N–H and O–H groups in total. The molecule has 1 aromatic rings. The first kappa shape index (κ1) is 13.3. The molecule has 98 valence electrons. The molecule has 0 saturated carbocycles. The minimum atomic E-state index is -0.768. The Morgan fingerprint density at radius 3 is 2.78 bits per heavy atom. The van der Waals surface area contributed by atoms with Crippen LogP contribution in [0.1, 0.15) is 30.1 Å². The van der Waals surface area contributed by atoms with Gasteiger partial charge in [0.25, 0.3) is 5.91 Å². The van der Waals surface area contributed by atoms with E-state index in [2.05, 4.69) is 0 Å². The summed E-state index contributed by atoms with van der Waals surface area (Å²) < 4.78 is 13.2. The van der Waals surface area contributed by atoms with Crippen molar-refractivity contribution in [2.24, 2.45) is 0 Å². The third-order valence-electron chi connectivity index (χ3n) is 3.14. The average molecular weight is 272 g/mol. The lowest BCUT2D eigenvalue weighted by molar-refractivity contribution is -0.0860. The molecule has 0 bridgehead atoms. The van der Waals surface area contributed by atoms with Crippen LogP contribution in [-0.4, -0.2) is 34.6 Å². The second-order valence-electron chi connectivity index (χ2n) is 4.76. The minimum absolute atomic E-state index is 0.00218. The Kier molecular flexibility index (Phi) is 3.59. The lowest BCUT2D eigenvalue weighted by Crippen LogP contribution is -2.63. The molecule has 0 aromatic heterocycles. The van der Waals surface area contributed by atoms with Gasteiger partial charge in [-0.05, 0) is 24.6 Å². The van der Waals surface area contributed by atoms with E-state index in [1.807, 2.05) is 6.92 Å². The molecule has 0 spiro atoms. The quantitative estimate of drug-likeness (QED) is 0.917. The van der Waals surface area contributed by atoms with Gasteiger partial charge in [0.05, 0.1) is 23.7 Å². The molecule has 18 heavy (non-hydrogen) atoms. The van der Waals surface area contributed by atoms with Crippen LogP contribution in [0.5, 0.6) is 0 Å². The molecule has 3 nitrogen and oxygen atoms in total. The van der Waals surface area contributed by atoms with E-state index in [4.69, 9.17) is 11.6 Å². The number of β-amino-alcohol motifs (C(OH)–C–C–N with tert-alkyl or cyclic N) is 1. The Hall–Kier alpha value is -1.13. The van der Waals surface area contributed by atoms with E-state index in [9.17, 15) is 14.3 Å². The predicted octanol–water partition coefficient (Wildman–Crippen LogP) is 2.47. The summed E-state index contributed by atoms with van der Waals surface area (Å²) in [6.07, 6.45) is 1.54. The minimum Gasteiger partial charge on any atom is -0.386 e. The largest absolute Gasteiger partial charge is 0.386 e. The van der Waals surface area contributed by atoms with Gasteiger partial charge in [0.15, 0.2) is 0 Å². The van der Waals surface area contributed by atoms with Crippen molar-refractivity contribution in [3.63, 3.8) is 0 Å². The van der Waals surface area contributed by atoms with Crippen LogP contribution in [0.15, 0.2) is 18.2 Å². The Balaban J connectivity index is 2.03. The van der Waals surface area contributed by atoms with E-state index < -0.39 is 11.4 Å². The number of rotatable bonds is 3. The highest BCUT2D eigenvalue weighted by Crippen LogP contribution is 2.27. The van der Waals surface area contributed by atoms with Crippen molar-refractivity contribution in [1.29, 1.82) is 0 Å². The molecule has 0 atom stereocenters. The van der Waals surface area contributed by atoms with Gasteiger partial charge in [-0.1, -0.05) is 24.9 Å². The van der Waals surface area contributed by atoms with Gasteiger partial charge in [0.2, 0.25) is 0 Å². The van der Waals surface area contributed by atoms with Gasteiger partial charge in [-0.2, -0.15) is 0 Å². The van der Waals surface area contributed by atoms with Gasteiger partial charge in [0.1, 0.15) is 5.82 Å². The van der Waals surface area contributed by atoms with Crippen LogP contribution < -0.4 is 0 Å². The van der Waals surface area contributed by atoms with E-state index in [0.29, 0.717) is 19.5 Å². The number of nitrogens with zero attached hydrogens (tertiary/aromatic N) is 1. The van der Waals surface area contributed by atoms with Crippen LogP contribution in [0.25, 0.3) is 0 Å². The topological polar surface area (TPSA) is 40.5 Å². The number of amides is 1. The Morgan fingerprint density at radius 1 is 1.56 bits per heavy atom. The van der Waals surface area contributed by atoms with Crippen LogP contribution in [0.4, 0.5) is 4.39 Å². The molecule has 0 unspecified atom stereocenters. The zero-order valence-electron chi connectivity index (χ0n) is 10.1. The number of halogens is 2. The Bertz CT molecular complexity index is 472. The number of hydrogen-bond acceptors (Lipinski definition) is 2. The lowest BCUT2D eigenvalue weighted by Gasteiger charge is -2.46. The normalized spacial score (nSPS) is 17.4. The van der Waals surface area contributed by atoms with Crippen molar-refractivity contribution in [1.82, 2.24) is 4.90 Å². The smallest absolute Gasteiger partial charge is 0.254 e. The van der Waals surface area contributed by atoms with Crippen LogP contribution in [0.2, 0.25) is 5.02 Å². The molecule has 1 aromatic carbocycles. The van der Waals surface area contributed by atoms with Crippen molar-refractivity contribution in [2.45, 2.75) is 25.4 Å². The molecular formula is C13H15ClFNO2. The molecule has 1 heterocycles. The molecule has 1 aliphatic rings. The van der Waals surface area contributed by atoms with E-state index >= 15 is 0 Å². The van der Waals surface area contributed by atoms with Crippen molar-refractivity contribution in [3.8, 4) is 0 Å². The molecule has 1 fully saturated rings. The van der Waals surface area contributed by atoms with Crippen LogP contribution in [-0.2, 0) is 0 Å². The monoisotopic (exact) mass is 271 g/mol. The SMILES string of the molecule is CCCC1(O)CN(C(=O)c2ccc(Cl)c(F)c2)C1. The molecule has 1 amide bonds. The number of aliphatic hydroxyl groups is 1. The highest BCUT2D eigenvalue weighted by atomic mass is 35.5. The highest BCUT2D eigenvalue weighted by molar-refractivity contribution is 6.30. The summed E-state index contributed by atoms with van der Waals surface area (Å²) in [5.41, 5.74) is -0.509. The molecule has 1 aliphatic heterocycles. The maximum Gasteiger partial charge on any atom is 0.254 e. The Labute approximate surface area is 110 Å². The second kappa shape index (κ2) is 4.86. The molecule has 1 saturated heterocycles. The van der Waals surface area contributed by atoms with Crippen molar-refractivity contribution in [2.75, 3.05) is 13.1 Å². The zero-order chi connectivity index (χ0) is 13.3. The second-order valence-corrected chi connectivity index (χ2v) is 5.17. The van der Waals surface area contributed by atoms with Gasteiger partial charge in [-0.25, -0.2) is 4.39 Å². The summed E-state index contributed by atoms with van der Waals surface area (Å²) in [7, 11) is 0. The molecule has 0 radical (unpaired) electrons. The number of likely N-dealkylation sites (tertiary alicyclic amines) is 1. The number of carbonyl (C=O) groups excluding carboxylic acids is 1. The first-order chi connectivity index (χ1) is 8.45. The summed E-state index contributed by atoms with van der Waals surface area (Å²) in [5, 5.41) is 9.98. The fourth-order valence-corrected chi connectivity index (χ4v) is 2.36. The Morgan fingerprint density at radius 2 is 2.22 bits per heavy atom. The lowest BCUT2D eigenvalue weighted by atomic mass is 9.89. The van der Waals surface area contributed by atoms with E-state index in [-0.39, 0.29) is 16.5 Å². The fraction of sp³-hybridized carbons (Fsp3) is 0.462. The third kappa shape index (κ3) is 2.49. The third-order valence-corrected chi connectivity index (χ3v) is 3.45. The predicted molar refractivity (Wildman–Crippen MR) is 67.2 cm³/mol. The summed E-state index contributed by atoms with van der Waals surface area (Å²) >= 11 is 5.56. The standard InChI is InChI=1S/C13H15ClFNO2/c1-2-5-13(18)7-16(8-13)12(17)9-3-4-10(14)11(15)6-9/h3-4,6,18H,2,5,7-8H2,1H3. The fourth-order valence-electron chi connectivity index (χ4n) is 2.24. The first-order valence-electron chi connectivity index (χ1n) is 5.92. The van der Waals surface area contributed by atoms with E-state index in [1.165, 1.54) is 17.0 Å². The molecular weight excluding hydrogens is 257 g/mol. The van der Waals surface area contributed by atoms with E-state index in [1.54, 1.807) is 0 Å². The van der Waals surface area contributed by atoms with Crippen LogP contribution in [0, 0.1) is 5.82 Å². The summed E-state index contributed by atoms with van der Waals surface area (Å²) in [5.74, 6) is -0.877. The number of hydrogen-bond donors (Lipinski definition) is 1. The van der Waals surface area contributed by atoms with E-state index in [0.717, 1.165) is 12.5 Å². The summed E-state index contributed by atoms with van der Waals surface area (Å²) in [6.45, 7) is 2.60. The molecule has 0 aliphatic carbocycles. The molecule has 5 heteroatoms. The van der Waals surface area contributed by atoms with Gasteiger partial charge in [0, 0.05) is 5.56 Å². The number of carbonyl (C=O) groups is 1. The maximum absolute atomic E-state index is 13.2. The van der Waals surface area contributed by atoms with Gasteiger partial charge >= 0.3 is 0 Å². The van der Waals surface area contributed by atoms with Crippen molar-refractivity contribution < 1.29 is 14.3 Å². The van der Waals surface area contributed by atoms with Gasteiger partial charge < -0.3 is 10.0 Å². The first-order valence-corrected chi connectivity index (χ1v) is 6.30.